The van der Waals surface area contributed by atoms with Gasteiger partial charge in [0.15, 0.2) is 0 Å². The lowest BCUT2D eigenvalue weighted by molar-refractivity contribution is -0.122. The lowest BCUT2D eigenvalue weighted by atomic mass is 10.1. The molecule has 1 aliphatic rings. The van der Waals surface area contributed by atoms with E-state index >= 15 is 0 Å². The molecule has 2 N–H and O–H groups in total. The summed E-state index contributed by atoms with van der Waals surface area (Å²) in [4.78, 5) is 23.3. The summed E-state index contributed by atoms with van der Waals surface area (Å²) in [6.07, 6.45) is 1.71. The molecule has 1 heterocycles. The van der Waals surface area contributed by atoms with Crippen LogP contribution in [0.25, 0.3) is 0 Å². The van der Waals surface area contributed by atoms with Crippen molar-refractivity contribution >= 4 is 17.5 Å². The molecule has 0 aliphatic carbocycles. The highest BCUT2D eigenvalue weighted by molar-refractivity contribution is 5.91. The van der Waals surface area contributed by atoms with E-state index in [1.165, 1.54) is 0 Å². The van der Waals surface area contributed by atoms with Gasteiger partial charge in [0.1, 0.15) is 0 Å². The van der Waals surface area contributed by atoms with Gasteiger partial charge in [0.2, 0.25) is 11.8 Å². The Hall–Kier alpha value is -1.88. The summed E-state index contributed by atoms with van der Waals surface area (Å²) in [6, 6.07) is 9.28. The lowest BCUT2D eigenvalue weighted by Gasteiger charge is -2.09. The van der Waals surface area contributed by atoms with Crippen LogP contribution < -0.4 is 10.6 Å². The van der Waals surface area contributed by atoms with Gasteiger partial charge in [0.05, 0.1) is 0 Å². The van der Waals surface area contributed by atoms with Gasteiger partial charge in [-0.25, -0.2) is 0 Å². The maximum absolute atomic E-state index is 11.7. The van der Waals surface area contributed by atoms with E-state index in [1.807, 2.05) is 30.3 Å². The molecule has 1 aromatic carbocycles. The van der Waals surface area contributed by atoms with Crippen molar-refractivity contribution in [2.24, 2.45) is 5.92 Å². The Bertz CT molecular complexity index is 442. The molecule has 1 saturated heterocycles. The third-order valence-electron chi connectivity index (χ3n) is 3.23. The largest absolute Gasteiger partial charge is 0.381 e. The maximum atomic E-state index is 11.7. The van der Waals surface area contributed by atoms with Crippen molar-refractivity contribution in [1.82, 2.24) is 5.32 Å². The molecule has 0 saturated carbocycles. The van der Waals surface area contributed by atoms with Crippen molar-refractivity contribution in [3.8, 4) is 0 Å². The predicted molar refractivity (Wildman–Crippen MR) is 76.2 cm³/mol. The number of rotatable bonds is 6. The molecule has 1 aromatic rings. The molecule has 2 amide bonds. The van der Waals surface area contributed by atoms with Crippen LogP contribution in [-0.4, -0.2) is 31.6 Å². The SMILES string of the molecule is O=C(CC1CCOC1)NCCC(=O)Nc1ccccc1. The summed E-state index contributed by atoms with van der Waals surface area (Å²) in [6.45, 7) is 1.78. The molecule has 1 aliphatic heterocycles. The first-order valence-corrected chi connectivity index (χ1v) is 6.93. The molecule has 5 nitrogen and oxygen atoms in total. The third kappa shape index (κ3) is 5.01. The number of carbonyl (C=O) groups excluding carboxylic acids is 2. The molecule has 2 rings (SSSR count). The van der Waals surface area contributed by atoms with Gasteiger partial charge in [-0.1, -0.05) is 18.2 Å². The normalized spacial score (nSPS) is 17.7. The second kappa shape index (κ2) is 7.65. The summed E-state index contributed by atoms with van der Waals surface area (Å²) in [7, 11) is 0. The van der Waals surface area contributed by atoms with E-state index in [-0.39, 0.29) is 18.2 Å². The standard InChI is InChI=1S/C15H20N2O3/c18-14(17-13-4-2-1-3-5-13)6-8-16-15(19)10-12-7-9-20-11-12/h1-5,12H,6-11H2,(H,16,19)(H,17,18). The zero-order valence-corrected chi connectivity index (χ0v) is 11.4. The Morgan fingerprint density at radius 2 is 2.00 bits per heavy atom. The van der Waals surface area contributed by atoms with Crippen LogP contribution >= 0.6 is 0 Å². The summed E-state index contributed by atoms with van der Waals surface area (Å²) >= 11 is 0. The predicted octanol–water partition coefficient (Wildman–Crippen LogP) is 1.56. The fourth-order valence-electron chi connectivity index (χ4n) is 2.14. The van der Waals surface area contributed by atoms with Crippen LogP contribution in [0.3, 0.4) is 0 Å². The van der Waals surface area contributed by atoms with E-state index < -0.39 is 0 Å². The Balaban J connectivity index is 1.60. The maximum Gasteiger partial charge on any atom is 0.226 e. The molecule has 0 spiro atoms. The van der Waals surface area contributed by atoms with Gasteiger partial charge in [-0.2, -0.15) is 0 Å². The minimum absolute atomic E-state index is 0.00647. The molecular formula is C15H20N2O3. The van der Waals surface area contributed by atoms with Crippen LogP contribution in [0.1, 0.15) is 19.3 Å². The quantitative estimate of drug-likeness (QED) is 0.828. The van der Waals surface area contributed by atoms with Crippen LogP contribution in [0.2, 0.25) is 0 Å². The van der Waals surface area contributed by atoms with Crippen molar-refractivity contribution in [1.29, 1.82) is 0 Å². The van der Waals surface area contributed by atoms with Crippen LogP contribution in [0.15, 0.2) is 30.3 Å². The van der Waals surface area contributed by atoms with Gasteiger partial charge >= 0.3 is 0 Å². The second-order valence-electron chi connectivity index (χ2n) is 4.95. The summed E-state index contributed by atoms with van der Waals surface area (Å²) in [5.74, 6) is 0.224. The topological polar surface area (TPSA) is 67.4 Å². The van der Waals surface area contributed by atoms with Crippen molar-refractivity contribution in [3.05, 3.63) is 30.3 Å². The van der Waals surface area contributed by atoms with Gasteiger partial charge < -0.3 is 15.4 Å². The fraction of sp³-hybridized carbons (Fsp3) is 0.467. The molecule has 108 valence electrons. The van der Waals surface area contributed by atoms with Gasteiger partial charge in [-0.05, 0) is 24.5 Å². The molecule has 0 radical (unpaired) electrons. The van der Waals surface area contributed by atoms with Gasteiger partial charge in [-0.3, -0.25) is 9.59 Å². The number of para-hydroxylation sites is 1. The highest BCUT2D eigenvalue weighted by atomic mass is 16.5. The minimum atomic E-state index is -0.0966. The van der Waals surface area contributed by atoms with E-state index in [2.05, 4.69) is 10.6 Å². The fourth-order valence-corrected chi connectivity index (χ4v) is 2.14. The number of amides is 2. The Morgan fingerprint density at radius 3 is 2.70 bits per heavy atom. The zero-order chi connectivity index (χ0) is 14.2. The summed E-state index contributed by atoms with van der Waals surface area (Å²) < 4.78 is 5.22. The van der Waals surface area contributed by atoms with E-state index in [4.69, 9.17) is 4.74 Å². The number of nitrogens with one attached hydrogen (secondary N) is 2. The molecular weight excluding hydrogens is 256 g/mol. The highest BCUT2D eigenvalue weighted by Crippen LogP contribution is 2.15. The van der Waals surface area contributed by atoms with Crippen molar-refractivity contribution < 1.29 is 14.3 Å². The number of hydrogen-bond donors (Lipinski definition) is 2. The summed E-state index contributed by atoms with van der Waals surface area (Å²) in [5.41, 5.74) is 0.770. The Morgan fingerprint density at radius 1 is 1.20 bits per heavy atom. The van der Waals surface area contributed by atoms with E-state index in [9.17, 15) is 9.59 Å². The number of ether oxygens (including phenoxy) is 1. The number of anilines is 1. The smallest absolute Gasteiger partial charge is 0.226 e. The average molecular weight is 276 g/mol. The van der Waals surface area contributed by atoms with E-state index in [1.54, 1.807) is 0 Å². The highest BCUT2D eigenvalue weighted by Gasteiger charge is 2.18. The van der Waals surface area contributed by atoms with Crippen LogP contribution in [0, 0.1) is 5.92 Å². The first-order chi connectivity index (χ1) is 9.74. The molecule has 20 heavy (non-hydrogen) atoms. The second-order valence-corrected chi connectivity index (χ2v) is 4.95. The first kappa shape index (κ1) is 14.5. The molecule has 5 heteroatoms. The van der Waals surface area contributed by atoms with Gasteiger partial charge in [0.25, 0.3) is 0 Å². The number of carbonyl (C=O) groups is 2. The zero-order valence-electron chi connectivity index (χ0n) is 11.4. The molecule has 0 bridgehead atoms. The monoisotopic (exact) mass is 276 g/mol. The first-order valence-electron chi connectivity index (χ1n) is 6.93. The molecule has 1 atom stereocenters. The minimum Gasteiger partial charge on any atom is -0.381 e. The van der Waals surface area contributed by atoms with Crippen molar-refractivity contribution in [2.45, 2.75) is 19.3 Å². The van der Waals surface area contributed by atoms with Gasteiger partial charge in [-0.15, -0.1) is 0 Å². The molecule has 1 fully saturated rings. The molecule has 0 aromatic heterocycles. The summed E-state index contributed by atoms with van der Waals surface area (Å²) in [5, 5.41) is 5.55. The average Bonchev–Trinajstić information content (AvgIpc) is 2.92. The molecule has 1 unspecified atom stereocenters. The lowest BCUT2D eigenvalue weighted by Crippen LogP contribution is -2.29. The van der Waals surface area contributed by atoms with Crippen LogP contribution in [0.5, 0.6) is 0 Å². The van der Waals surface area contributed by atoms with E-state index in [0.29, 0.717) is 25.5 Å². The van der Waals surface area contributed by atoms with Crippen LogP contribution in [0.4, 0.5) is 5.69 Å². The van der Waals surface area contributed by atoms with E-state index in [0.717, 1.165) is 18.7 Å². The van der Waals surface area contributed by atoms with Crippen molar-refractivity contribution in [2.75, 3.05) is 25.1 Å². The van der Waals surface area contributed by atoms with Crippen molar-refractivity contribution in [3.63, 3.8) is 0 Å². The Kier molecular flexibility index (Phi) is 5.55. The van der Waals surface area contributed by atoms with Gasteiger partial charge in [0, 0.05) is 38.3 Å². The third-order valence-corrected chi connectivity index (χ3v) is 3.23. The number of hydrogen-bond acceptors (Lipinski definition) is 3. The Labute approximate surface area is 118 Å². The van der Waals surface area contributed by atoms with Crippen LogP contribution in [-0.2, 0) is 14.3 Å². The number of benzene rings is 1.